The lowest BCUT2D eigenvalue weighted by Gasteiger charge is -2.19. The van der Waals surface area contributed by atoms with Gasteiger partial charge in [-0.15, -0.1) is 11.6 Å². The van der Waals surface area contributed by atoms with Crippen LogP contribution in [-0.4, -0.2) is 14.2 Å². The fourth-order valence-electron chi connectivity index (χ4n) is 1.94. The van der Waals surface area contributed by atoms with Gasteiger partial charge in [-0.25, -0.2) is 0 Å². The molecule has 0 bridgehead atoms. The molecule has 0 aliphatic rings. The summed E-state index contributed by atoms with van der Waals surface area (Å²) in [4.78, 5) is 2.21. The number of rotatable bonds is 5. The van der Waals surface area contributed by atoms with Crippen LogP contribution in [0.1, 0.15) is 11.1 Å². The highest BCUT2D eigenvalue weighted by Crippen LogP contribution is 2.18. The lowest BCUT2D eigenvalue weighted by Crippen LogP contribution is -2.16. The lowest BCUT2D eigenvalue weighted by molar-refractivity contribution is 0.414. The number of hydrogen-bond acceptors (Lipinski definition) is 2. The predicted octanol–water partition coefficient (Wildman–Crippen LogP) is 4.07. The van der Waals surface area contributed by atoms with Crippen molar-refractivity contribution in [3.8, 4) is 5.75 Å². The van der Waals surface area contributed by atoms with Gasteiger partial charge in [0.2, 0.25) is 0 Å². The van der Waals surface area contributed by atoms with Gasteiger partial charge < -0.3 is 9.64 Å². The molecule has 0 aliphatic carbocycles. The van der Waals surface area contributed by atoms with Crippen LogP contribution in [0, 0.1) is 0 Å². The maximum atomic E-state index is 5.79. The second-order valence-corrected chi connectivity index (χ2v) is 4.77. The molecule has 19 heavy (non-hydrogen) atoms. The summed E-state index contributed by atoms with van der Waals surface area (Å²) in [7, 11) is 3.76. The summed E-state index contributed by atoms with van der Waals surface area (Å²) in [5.41, 5.74) is 3.58. The number of anilines is 1. The van der Waals surface area contributed by atoms with E-state index in [0.717, 1.165) is 17.9 Å². The van der Waals surface area contributed by atoms with Gasteiger partial charge in [-0.05, 0) is 35.4 Å². The van der Waals surface area contributed by atoms with E-state index in [1.54, 1.807) is 7.11 Å². The van der Waals surface area contributed by atoms with Crippen molar-refractivity contribution in [2.24, 2.45) is 0 Å². The largest absolute Gasteiger partial charge is 0.497 e. The molecule has 0 radical (unpaired) electrons. The molecule has 0 amide bonds. The van der Waals surface area contributed by atoms with E-state index in [9.17, 15) is 0 Å². The second-order valence-electron chi connectivity index (χ2n) is 4.50. The van der Waals surface area contributed by atoms with Gasteiger partial charge in [0.25, 0.3) is 0 Å². The van der Waals surface area contributed by atoms with E-state index in [1.165, 1.54) is 11.3 Å². The molecular formula is C16H18ClNO. The van der Waals surface area contributed by atoms with Crippen LogP contribution in [0.15, 0.2) is 48.5 Å². The van der Waals surface area contributed by atoms with Crippen molar-refractivity contribution in [1.29, 1.82) is 0 Å². The number of alkyl halides is 1. The summed E-state index contributed by atoms with van der Waals surface area (Å²) >= 11 is 5.79. The minimum Gasteiger partial charge on any atom is -0.497 e. The number of hydrogen-bond donors (Lipinski definition) is 0. The molecule has 0 fully saturated rings. The van der Waals surface area contributed by atoms with Crippen LogP contribution >= 0.6 is 11.6 Å². The molecule has 0 saturated heterocycles. The Balaban J connectivity index is 2.04. The molecule has 2 aromatic carbocycles. The van der Waals surface area contributed by atoms with E-state index in [2.05, 4.69) is 48.3 Å². The Hall–Kier alpha value is -1.67. The van der Waals surface area contributed by atoms with Crippen LogP contribution in [0.3, 0.4) is 0 Å². The van der Waals surface area contributed by atoms with Crippen LogP contribution < -0.4 is 9.64 Å². The highest BCUT2D eigenvalue weighted by Gasteiger charge is 2.02. The number of nitrogens with zero attached hydrogens (tertiary/aromatic N) is 1. The third-order valence-electron chi connectivity index (χ3n) is 3.11. The Morgan fingerprint density at radius 1 is 0.947 bits per heavy atom. The molecule has 2 nitrogen and oxygen atoms in total. The Bertz CT molecular complexity index is 507. The number of benzene rings is 2. The number of halogens is 1. The van der Waals surface area contributed by atoms with Gasteiger partial charge in [0, 0.05) is 25.2 Å². The summed E-state index contributed by atoms with van der Waals surface area (Å²) in [6.07, 6.45) is 0. The summed E-state index contributed by atoms with van der Waals surface area (Å²) < 4.78 is 5.16. The zero-order chi connectivity index (χ0) is 13.7. The fraction of sp³-hybridized carbons (Fsp3) is 0.250. The molecule has 3 heteroatoms. The molecule has 0 aliphatic heterocycles. The average molecular weight is 276 g/mol. The van der Waals surface area contributed by atoms with E-state index >= 15 is 0 Å². The van der Waals surface area contributed by atoms with E-state index in [-0.39, 0.29) is 0 Å². The van der Waals surface area contributed by atoms with Gasteiger partial charge in [-0.3, -0.25) is 0 Å². The van der Waals surface area contributed by atoms with Crippen LogP contribution in [0.25, 0.3) is 0 Å². The Morgan fingerprint density at radius 2 is 1.53 bits per heavy atom. The second kappa shape index (κ2) is 6.48. The smallest absolute Gasteiger partial charge is 0.118 e. The summed E-state index contributed by atoms with van der Waals surface area (Å²) in [5.74, 6) is 1.44. The summed E-state index contributed by atoms with van der Waals surface area (Å²) in [6, 6.07) is 16.5. The molecule has 0 atom stereocenters. The molecule has 2 rings (SSSR count). The third kappa shape index (κ3) is 3.65. The van der Waals surface area contributed by atoms with Crippen molar-refractivity contribution in [3.63, 3.8) is 0 Å². The monoisotopic (exact) mass is 275 g/mol. The molecule has 0 heterocycles. The van der Waals surface area contributed by atoms with E-state index in [4.69, 9.17) is 16.3 Å². The molecule has 0 saturated carbocycles. The van der Waals surface area contributed by atoms with Crippen molar-refractivity contribution in [3.05, 3.63) is 59.7 Å². The fourth-order valence-corrected chi connectivity index (χ4v) is 2.11. The first-order chi connectivity index (χ1) is 9.22. The number of methoxy groups -OCH3 is 1. The molecule has 0 N–H and O–H groups in total. The van der Waals surface area contributed by atoms with Crippen LogP contribution in [0.2, 0.25) is 0 Å². The first kappa shape index (κ1) is 13.8. The number of ether oxygens (including phenoxy) is 1. The average Bonchev–Trinajstić information content (AvgIpc) is 2.48. The van der Waals surface area contributed by atoms with E-state index in [1.807, 2.05) is 12.1 Å². The normalized spacial score (nSPS) is 10.3. The van der Waals surface area contributed by atoms with Gasteiger partial charge in [0.15, 0.2) is 0 Å². The lowest BCUT2D eigenvalue weighted by atomic mass is 10.2. The maximum absolute atomic E-state index is 5.79. The van der Waals surface area contributed by atoms with Gasteiger partial charge in [-0.2, -0.15) is 0 Å². The van der Waals surface area contributed by atoms with Gasteiger partial charge in [0.05, 0.1) is 7.11 Å². The Morgan fingerprint density at radius 3 is 2.05 bits per heavy atom. The molecule has 0 spiro atoms. The van der Waals surface area contributed by atoms with Crippen molar-refractivity contribution < 1.29 is 4.74 Å². The molecule has 2 aromatic rings. The van der Waals surface area contributed by atoms with E-state index in [0.29, 0.717) is 5.88 Å². The predicted molar refractivity (Wildman–Crippen MR) is 81.1 cm³/mol. The van der Waals surface area contributed by atoms with Gasteiger partial charge in [0.1, 0.15) is 5.75 Å². The quantitative estimate of drug-likeness (QED) is 0.763. The minimum atomic E-state index is 0.558. The van der Waals surface area contributed by atoms with Crippen LogP contribution in [-0.2, 0) is 12.4 Å². The highest BCUT2D eigenvalue weighted by molar-refractivity contribution is 6.17. The van der Waals surface area contributed by atoms with Crippen molar-refractivity contribution >= 4 is 17.3 Å². The Labute approximate surface area is 119 Å². The zero-order valence-corrected chi connectivity index (χ0v) is 12.0. The maximum Gasteiger partial charge on any atom is 0.118 e. The van der Waals surface area contributed by atoms with E-state index < -0.39 is 0 Å². The highest BCUT2D eigenvalue weighted by atomic mass is 35.5. The first-order valence-electron chi connectivity index (χ1n) is 6.22. The van der Waals surface area contributed by atoms with Crippen molar-refractivity contribution in [1.82, 2.24) is 0 Å². The summed E-state index contributed by atoms with van der Waals surface area (Å²) in [5, 5.41) is 0. The SMILES string of the molecule is COc1ccc(CN(C)c2ccc(CCl)cc2)cc1. The van der Waals surface area contributed by atoms with Gasteiger partial charge in [-0.1, -0.05) is 24.3 Å². The molecule has 0 aromatic heterocycles. The topological polar surface area (TPSA) is 12.5 Å². The zero-order valence-electron chi connectivity index (χ0n) is 11.3. The first-order valence-corrected chi connectivity index (χ1v) is 6.75. The molecule has 0 unspecified atom stereocenters. The molecular weight excluding hydrogens is 258 g/mol. The van der Waals surface area contributed by atoms with Crippen molar-refractivity contribution in [2.45, 2.75) is 12.4 Å². The Kier molecular flexibility index (Phi) is 4.69. The van der Waals surface area contributed by atoms with Crippen molar-refractivity contribution in [2.75, 3.05) is 19.1 Å². The van der Waals surface area contributed by atoms with Crippen LogP contribution in [0.5, 0.6) is 5.75 Å². The molecule has 100 valence electrons. The minimum absolute atomic E-state index is 0.558. The van der Waals surface area contributed by atoms with Gasteiger partial charge >= 0.3 is 0 Å². The third-order valence-corrected chi connectivity index (χ3v) is 3.42. The standard InChI is InChI=1S/C16H18ClNO/c1-18(15-7-3-13(11-17)4-8-15)12-14-5-9-16(19-2)10-6-14/h3-10H,11-12H2,1-2H3. The van der Waals surface area contributed by atoms with Crippen LogP contribution in [0.4, 0.5) is 5.69 Å². The summed E-state index contributed by atoms with van der Waals surface area (Å²) in [6.45, 7) is 0.865.